The molecule has 6 nitrogen and oxygen atoms in total. The molecule has 2 unspecified atom stereocenters. The van der Waals surface area contributed by atoms with Crippen molar-refractivity contribution >= 4 is 11.7 Å². The average Bonchev–Trinajstić information content (AvgIpc) is 3.55. The van der Waals surface area contributed by atoms with Crippen molar-refractivity contribution in [2.75, 3.05) is 39.3 Å². The third-order valence-corrected chi connectivity index (χ3v) is 8.32. The van der Waals surface area contributed by atoms with E-state index >= 15 is 0 Å². The molecule has 0 radical (unpaired) electrons. The van der Waals surface area contributed by atoms with Gasteiger partial charge in [0.05, 0.1) is 12.0 Å². The van der Waals surface area contributed by atoms with Crippen LogP contribution < -0.4 is 4.74 Å². The largest absolute Gasteiger partial charge is 0.494 e. The smallest absolute Gasteiger partial charge is 0.249 e. The van der Waals surface area contributed by atoms with Crippen LogP contribution in [0.2, 0.25) is 0 Å². The van der Waals surface area contributed by atoms with E-state index in [1.54, 1.807) is 18.2 Å². The van der Waals surface area contributed by atoms with E-state index < -0.39 is 11.5 Å². The Morgan fingerprint density at radius 3 is 2.31 bits per heavy atom. The van der Waals surface area contributed by atoms with Crippen LogP contribution in [0.3, 0.4) is 0 Å². The number of carbonyl (C=O) groups is 2. The maximum atomic E-state index is 14.1. The van der Waals surface area contributed by atoms with E-state index in [2.05, 4.69) is 4.90 Å². The molecule has 2 heterocycles. The topological polar surface area (TPSA) is 70.1 Å². The minimum atomic E-state index is -1.30. The maximum absolute atomic E-state index is 14.1. The number of ketones is 1. The van der Waals surface area contributed by atoms with Crippen LogP contribution in [0.4, 0.5) is 0 Å². The quantitative estimate of drug-likeness (QED) is 0.440. The average molecular weight is 529 g/mol. The fourth-order valence-corrected chi connectivity index (χ4v) is 6.07. The number of allylic oxidation sites excluding steroid dienone is 3. The number of amides is 1. The molecule has 0 saturated carbocycles. The lowest BCUT2D eigenvalue weighted by Crippen LogP contribution is -2.41. The third-order valence-electron chi connectivity index (χ3n) is 8.32. The van der Waals surface area contributed by atoms with Gasteiger partial charge in [-0.05, 0) is 74.9 Å². The van der Waals surface area contributed by atoms with E-state index in [9.17, 15) is 14.7 Å². The summed E-state index contributed by atoms with van der Waals surface area (Å²) >= 11 is 0. The van der Waals surface area contributed by atoms with Gasteiger partial charge < -0.3 is 19.6 Å². The van der Waals surface area contributed by atoms with Gasteiger partial charge in [0.15, 0.2) is 5.78 Å². The highest BCUT2D eigenvalue weighted by Gasteiger charge is 2.44. The van der Waals surface area contributed by atoms with Crippen LogP contribution in [-0.4, -0.2) is 65.9 Å². The van der Waals surface area contributed by atoms with Gasteiger partial charge in [0.25, 0.3) is 0 Å². The molecular formula is C33H40N2O4. The number of aliphatic hydroxyl groups is 1. The molecule has 2 atom stereocenters. The molecule has 5 rings (SSSR count). The molecular weight excluding hydrogens is 488 g/mol. The second-order valence-corrected chi connectivity index (χ2v) is 11.0. The van der Waals surface area contributed by atoms with Crippen molar-refractivity contribution in [3.05, 3.63) is 89.5 Å². The van der Waals surface area contributed by atoms with Gasteiger partial charge in [-0.25, -0.2) is 0 Å². The highest BCUT2D eigenvalue weighted by atomic mass is 16.5. The van der Waals surface area contributed by atoms with E-state index in [1.165, 1.54) is 32.4 Å². The van der Waals surface area contributed by atoms with Crippen molar-refractivity contribution in [3.63, 3.8) is 0 Å². The predicted octanol–water partition coefficient (Wildman–Crippen LogP) is 4.99. The summed E-state index contributed by atoms with van der Waals surface area (Å²) in [7, 11) is 0. The van der Waals surface area contributed by atoms with E-state index in [0.717, 1.165) is 50.2 Å². The Morgan fingerprint density at radius 1 is 0.897 bits per heavy atom. The number of carbonyl (C=O) groups excluding carboxylic acids is 2. The molecule has 0 aromatic heterocycles. The van der Waals surface area contributed by atoms with Crippen molar-refractivity contribution in [2.45, 2.75) is 56.5 Å². The minimum Gasteiger partial charge on any atom is -0.494 e. The molecule has 0 spiro atoms. The van der Waals surface area contributed by atoms with Crippen LogP contribution >= 0.6 is 0 Å². The van der Waals surface area contributed by atoms with E-state index in [0.29, 0.717) is 17.7 Å². The number of ether oxygens (including phenoxy) is 1. The Hall–Kier alpha value is -3.22. The molecule has 206 valence electrons. The van der Waals surface area contributed by atoms with Crippen molar-refractivity contribution in [3.8, 4) is 5.75 Å². The lowest BCUT2D eigenvalue weighted by atomic mass is 9.68. The molecule has 2 fully saturated rings. The summed E-state index contributed by atoms with van der Waals surface area (Å²) in [6.45, 7) is 5.56. The summed E-state index contributed by atoms with van der Waals surface area (Å²) in [6.07, 6.45) is 11.3. The van der Waals surface area contributed by atoms with Crippen molar-refractivity contribution < 1.29 is 19.4 Å². The van der Waals surface area contributed by atoms with Gasteiger partial charge in [0.1, 0.15) is 11.9 Å². The number of piperidine rings is 1. The summed E-state index contributed by atoms with van der Waals surface area (Å²) in [5.41, 5.74) is 0.748. The van der Waals surface area contributed by atoms with Crippen molar-refractivity contribution in [1.29, 1.82) is 0 Å². The zero-order valence-electron chi connectivity index (χ0n) is 22.8. The van der Waals surface area contributed by atoms with Crippen LogP contribution in [0.15, 0.2) is 78.4 Å². The van der Waals surface area contributed by atoms with Gasteiger partial charge >= 0.3 is 0 Å². The van der Waals surface area contributed by atoms with Gasteiger partial charge in [-0.1, -0.05) is 67.1 Å². The molecule has 0 bridgehead atoms. The first-order valence-corrected chi connectivity index (χ1v) is 14.5. The van der Waals surface area contributed by atoms with Gasteiger partial charge in [-0.2, -0.15) is 0 Å². The molecule has 1 N–H and O–H groups in total. The van der Waals surface area contributed by atoms with Crippen LogP contribution in [0.1, 0.15) is 62.2 Å². The number of nitrogens with zero attached hydrogens (tertiary/aromatic N) is 2. The molecule has 6 heteroatoms. The van der Waals surface area contributed by atoms with Gasteiger partial charge in [-0.3, -0.25) is 9.59 Å². The van der Waals surface area contributed by atoms with Crippen molar-refractivity contribution in [2.24, 2.45) is 0 Å². The van der Waals surface area contributed by atoms with E-state index in [4.69, 9.17) is 4.74 Å². The Kier molecular flexibility index (Phi) is 8.95. The van der Waals surface area contributed by atoms with Crippen LogP contribution in [0, 0.1) is 0 Å². The fourth-order valence-electron chi connectivity index (χ4n) is 6.07. The van der Waals surface area contributed by atoms with Crippen LogP contribution in [-0.2, 0) is 15.0 Å². The minimum absolute atomic E-state index is 0.0168. The molecule has 1 aliphatic carbocycles. The number of hydrogen-bond acceptors (Lipinski definition) is 5. The highest BCUT2D eigenvalue weighted by molar-refractivity contribution is 6.01. The van der Waals surface area contributed by atoms with E-state index in [1.807, 2.05) is 59.5 Å². The maximum Gasteiger partial charge on any atom is 0.249 e. The van der Waals surface area contributed by atoms with Gasteiger partial charge in [0.2, 0.25) is 5.91 Å². The Balaban J connectivity index is 1.33. The first kappa shape index (κ1) is 27.4. The lowest BCUT2D eigenvalue weighted by molar-refractivity contribution is -0.132. The van der Waals surface area contributed by atoms with Crippen LogP contribution in [0.5, 0.6) is 5.75 Å². The molecule has 2 aromatic carbocycles. The molecule has 2 saturated heterocycles. The number of rotatable bonds is 10. The summed E-state index contributed by atoms with van der Waals surface area (Å²) in [6, 6.07) is 16.6. The highest BCUT2D eigenvalue weighted by Crippen LogP contribution is 2.41. The lowest BCUT2D eigenvalue weighted by Gasteiger charge is -2.35. The Bertz CT molecular complexity index is 1180. The van der Waals surface area contributed by atoms with Crippen molar-refractivity contribution in [1.82, 2.24) is 9.80 Å². The Morgan fingerprint density at radius 2 is 1.59 bits per heavy atom. The number of benzene rings is 2. The molecule has 2 aromatic rings. The fraction of sp³-hybridized carbons (Fsp3) is 0.455. The first-order chi connectivity index (χ1) is 19.1. The second kappa shape index (κ2) is 12.8. The zero-order valence-corrected chi connectivity index (χ0v) is 22.8. The second-order valence-electron chi connectivity index (χ2n) is 11.0. The van der Waals surface area contributed by atoms with Gasteiger partial charge in [0, 0.05) is 25.2 Å². The zero-order chi connectivity index (χ0) is 27.1. The summed E-state index contributed by atoms with van der Waals surface area (Å²) in [5.74, 6) is 0.407. The predicted molar refractivity (Wildman–Crippen MR) is 153 cm³/mol. The summed E-state index contributed by atoms with van der Waals surface area (Å²) in [4.78, 5) is 31.8. The first-order valence-electron chi connectivity index (χ1n) is 14.5. The normalized spacial score (nSPS) is 22.4. The van der Waals surface area contributed by atoms with Gasteiger partial charge in [-0.15, -0.1) is 0 Å². The molecule has 3 aliphatic rings. The molecule has 1 amide bonds. The SMILES string of the molecule is O=C(C1=CC=CC(C(=O)C(O)c2ccccc2)(c2ccc(OCCCN3CCCCC3)cc2)C1)N1CCCC1. The molecule has 2 aliphatic heterocycles. The monoisotopic (exact) mass is 528 g/mol. The summed E-state index contributed by atoms with van der Waals surface area (Å²) in [5, 5.41) is 11.2. The summed E-state index contributed by atoms with van der Waals surface area (Å²) < 4.78 is 6.03. The number of likely N-dealkylation sites (tertiary alicyclic amines) is 2. The third kappa shape index (κ3) is 6.34. The standard InChI is InChI=1S/C33H40N2O4/c36-30(26-11-3-1-4-12-26)31(37)33(18-9-13-27(25-33)32(38)35-22-7-8-23-35)28-14-16-29(17-15-28)39-24-10-21-34-19-5-2-6-20-34/h1,3-4,9,11-18,30,36H,2,5-8,10,19-25H2. The Labute approximate surface area is 232 Å². The number of hydrogen-bond donors (Lipinski definition) is 1. The number of Topliss-reactive ketones (excluding diaryl/α,β-unsaturated/α-hetero) is 1. The van der Waals surface area contributed by atoms with E-state index in [-0.39, 0.29) is 18.1 Å². The molecule has 39 heavy (non-hydrogen) atoms. The van der Waals surface area contributed by atoms with Crippen LogP contribution in [0.25, 0.3) is 0 Å². The number of aliphatic hydroxyl groups excluding tert-OH is 1.